The lowest BCUT2D eigenvalue weighted by Crippen LogP contribution is -2.19. The van der Waals surface area contributed by atoms with Gasteiger partial charge in [0.1, 0.15) is 0 Å². The van der Waals surface area contributed by atoms with Crippen molar-refractivity contribution in [3.63, 3.8) is 0 Å². The topological polar surface area (TPSA) is 101 Å². The minimum Gasteiger partial charge on any atom is -0.352 e. The maximum atomic E-state index is 12.1. The van der Waals surface area contributed by atoms with Gasteiger partial charge in [0, 0.05) is 36.9 Å². The van der Waals surface area contributed by atoms with E-state index >= 15 is 0 Å². The maximum absolute atomic E-state index is 12.1. The lowest BCUT2D eigenvalue weighted by Gasteiger charge is -2.06. The van der Waals surface area contributed by atoms with E-state index in [0.717, 1.165) is 5.56 Å². The number of hydrogen-bond acceptors (Lipinski definition) is 4. The molecule has 0 saturated heterocycles. The van der Waals surface area contributed by atoms with Gasteiger partial charge >= 0.3 is 0 Å². The number of rotatable bonds is 5. The molecule has 0 saturated carbocycles. The number of nitro groups is 1. The number of hydrogen-bond donors (Lipinski definition) is 2. The Balaban J connectivity index is 2.00. The van der Waals surface area contributed by atoms with Gasteiger partial charge in [-0.3, -0.25) is 19.7 Å². The Labute approximate surface area is 132 Å². The number of benzene rings is 2. The second-order valence-electron chi connectivity index (χ2n) is 4.86. The molecule has 23 heavy (non-hydrogen) atoms. The standard InChI is InChI=1S/C16H15N3O4/c1-11(20)17-10-12-2-4-13(5-3-12)16(21)18-14-6-8-15(9-7-14)19(22)23/h2-9H,10H2,1H3,(H,17,20)(H,18,21). The Bertz CT molecular complexity index is 724. The molecule has 2 N–H and O–H groups in total. The molecule has 118 valence electrons. The molecule has 2 aromatic rings. The smallest absolute Gasteiger partial charge is 0.269 e. The predicted octanol–water partition coefficient (Wildman–Crippen LogP) is 2.48. The maximum Gasteiger partial charge on any atom is 0.269 e. The summed E-state index contributed by atoms with van der Waals surface area (Å²) < 4.78 is 0. The summed E-state index contributed by atoms with van der Waals surface area (Å²) in [6.07, 6.45) is 0. The molecule has 2 amide bonds. The number of non-ortho nitro benzene ring substituents is 1. The number of anilines is 1. The monoisotopic (exact) mass is 313 g/mol. The van der Waals surface area contributed by atoms with E-state index in [-0.39, 0.29) is 17.5 Å². The van der Waals surface area contributed by atoms with Crippen LogP contribution in [0.3, 0.4) is 0 Å². The summed E-state index contributed by atoms with van der Waals surface area (Å²) in [4.78, 5) is 33.0. The predicted molar refractivity (Wildman–Crippen MR) is 85.0 cm³/mol. The first-order valence-corrected chi connectivity index (χ1v) is 6.85. The molecule has 2 rings (SSSR count). The van der Waals surface area contributed by atoms with E-state index in [1.165, 1.54) is 31.2 Å². The fourth-order valence-electron chi connectivity index (χ4n) is 1.87. The van der Waals surface area contributed by atoms with Crippen LogP contribution >= 0.6 is 0 Å². The van der Waals surface area contributed by atoms with Crippen LogP contribution in [0.25, 0.3) is 0 Å². The highest BCUT2D eigenvalue weighted by Gasteiger charge is 2.08. The van der Waals surface area contributed by atoms with Gasteiger partial charge in [0.2, 0.25) is 5.91 Å². The molecular formula is C16H15N3O4. The van der Waals surface area contributed by atoms with Crippen LogP contribution in [-0.4, -0.2) is 16.7 Å². The third kappa shape index (κ3) is 4.63. The molecule has 0 aliphatic heterocycles. The van der Waals surface area contributed by atoms with E-state index in [1.54, 1.807) is 24.3 Å². The van der Waals surface area contributed by atoms with Crippen molar-refractivity contribution in [3.8, 4) is 0 Å². The highest BCUT2D eigenvalue weighted by atomic mass is 16.6. The molecule has 0 aliphatic carbocycles. The van der Waals surface area contributed by atoms with Gasteiger partial charge in [-0.1, -0.05) is 12.1 Å². The van der Waals surface area contributed by atoms with Crippen molar-refractivity contribution in [1.82, 2.24) is 5.32 Å². The van der Waals surface area contributed by atoms with E-state index < -0.39 is 4.92 Å². The third-order valence-electron chi connectivity index (χ3n) is 3.09. The molecule has 0 unspecified atom stereocenters. The van der Waals surface area contributed by atoms with Gasteiger partial charge in [-0.25, -0.2) is 0 Å². The Morgan fingerprint density at radius 3 is 2.17 bits per heavy atom. The molecule has 7 heteroatoms. The zero-order valence-corrected chi connectivity index (χ0v) is 12.4. The summed E-state index contributed by atoms with van der Waals surface area (Å²) in [5, 5.41) is 15.9. The van der Waals surface area contributed by atoms with E-state index in [2.05, 4.69) is 10.6 Å². The van der Waals surface area contributed by atoms with Gasteiger partial charge in [0.25, 0.3) is 11.6 Å². The average molecular weight is 313 g/mol. The van der Waals surface area contributed by atoms with E-state index in [9.17, 15) is 19.7 Å². The van der Waals surface area contributed by atoms with Crippen molar-refractivity contribution >= 4 is 23.2 Å². The molecule has 0 radical (unpaired) electrons. The second kappa shape index (κ2) is 7.17. The number of carbonyl (C=O) groups is 2. The molecular weight excluding hydrogens is 298 g/mol. The normalized spacial score (nSPS) is 9.96. The zero-order chi connectivity index (χ0) is 16.8. The van der Waals surface area contributed by atoms with E-state index in [1.807, 2.05) is 0 Å². The molecule has 7 nitrogen and oxygen atoms in total. The van der Waals surface area contributed by atoms with Crippen LogP contribution in [0.4, 0.5) is 11.4 Å². The SMILES string of the molecule is CC(=O)NCc1ccc(C(=O)Nc2ccc([N+](=O)[O-])cc2)cc1. The number of amides is 2. The lowest BCUT2D eigenvalue weighted by molar-refractivity contribution is -0.384. The van der Waals surface area contributed by atoms with Crippen LogP contribution in [0.15, 0.2) is 48.5 Å². The van der Waals surface area contributed by atoms with Crippen LogP contribution < -0.4 is 10.6 Å². The van der Waals surface area contributed by atoms with Crippen molar-refractivity contribution in [3.05, 3.63) is 69.8 Å². The molecule has 0 atom stereocenters. The van der Waals surface area contributed by atoms with E-state index in [0.29, 0.717) is 17.8 Å². The second-order valence-corrected chi connectivity index (χ2v) is 4.86. The summed E-state index contributed by atoms with van der Waals surface area (Å²) in [5.74, 6) is -0.435. The first kappa shape index (κ1) is 16.2. The van der Waals surface area contributed by atoms with Gasteiger partial charge in [-0.05, 0) is 29.8 Å². The quantitative estimate of drug-likeness (QED) is 0.654. The Hall–Kier alpha value is -3.22. The molecule has 2 aromatic carbocycles. The minimum atomic E-state index is -0.501. The van der Waals surface area contributed by atoms with Crippen LogP contribution in [-0.2, 0) is 11.3 Å². The number of nitrogens with zero attached hydrogens (tertiary/aromatic N) is 1. The third-order valence-corrected chi connectivity index (χ3v) is 3.09. The van der Waals surface area contributed by atoms with Gasteiger partial charge in [0.05, 0.1) is 4.92 Å². The van der Waals surface area contributed by atoms with Crippen molar-refractivity contribution in [2.24, 2.45) is 0 Å². The summed E-state index contributed by atoms with van der Waals surface area (Å²) in [5.41, 5.74) is 1.77. The Morgan fingerprint density at radius 2 is 1.65 bits per heavy atom. The molecule has 0 fully saturated rings. The summed E-state index contributed by atoms with van der Waals surface area (Å²) in [6, 6.07) is 12.4. The van der Waals surface area contributed by atoms with Crippen molar-refractivity contribution in [2.75, 3.05) is 5.32 Å². The highest BCUT2D eigenvalue weighted by Crippen LogP contribution is 2.16. The Kier molecular flexibility index (Phi) is 5.03. The van der Waals surface area contributed by atoms with Crippen molar-refractivity contribution in [1.29, 1.82) is 0 Å². The first-order chi connectivity index (χ1) is 11.0. The zero-order valence-electron chi connectivity index (χ0n) is 12.4. The minimum absolute atomic E-state index is 0.0367. The summed E-state index contributed by atoms with van der Waals surface area (Å²) in [6.45, 7) is 1.84. The fraction of sp³-hybridized carbons (Fsp3) is 0.125. The van der Waals surface area contributed by atoms with Gasteiger partial charge in [-0.15, -0.1) is 0 Å². The van der Waals surface area contributed by atoms with Gasteiger partial charge in [0.15, 0.2) is 0 Å². The van der Waals surface area contributed by atoms with Crippen LogP contribution in [0.5, 0.6) is 0 Å². The number of nitro benzene ring substituents is 1. The van der Waals surface area contributed by atoms with Crippen LogP contribution in [0.1, 0.15) is 22.8 Å². The number of carbonyl (C=O) groups excluding carboxylic acids is 2. The molecule has 0 aliphatic rings. The average Bonchev–Trinajstić information content (AvgIpc) is 2.54. The first-order valence-electron chi connectivity index (χ1n) is 6.85. The van der Waals surface area contributed by atoms with Gasteiger partial charge < -0.3 is 10.6 Å². The fourth-order valence-corrected chi connectivity index (χ4v) is 1.87. The number of nitrogens with one attached hydrogen (secondary N) is 2. The van der Waals surface area contributed by atoms with Crippen molar-refractivity contribution < 1.29 is 14.5 Å². The summed E-state index contributed by atoms with van der Waals surface area (Å²) >= 11 is 0. The molecule has 0 heterocycles. The summed E-state index contributed by atoms with van der Waals surface area (Å²) in [7, 11) is 0. The molecule has 0 spiro atoms. The molecule has 0 aromatic heterocycles. The highest BCUT2D eigenvalue weighted by molar-refractivity contribution is 6.04. The largest absolute Gasteiger partial charge is 0.352 e. The lowest BCUT2D eigenvalue weighted by atomic mass is 10.1. The van der Waals surface area contributed by atoms with Crippen LogP contribution in [0, 0.1) is 10.1 Å². The van der Waals surface area contributed by atoms with Gasteiger partial charge in [-0.2, -0.15) is 0 Å². The molecule has 0 bridgehead atoms. The van der Waals surface area contributed by atoms with Crippen LogP contribution in [0.2, 0.25) is 0 Å². The Morgan fingerprint density at radius 1 is 1.04 bits per heavy atom. The van der Waals surface area contributed by atoms with Crippen molar-refractivity contribution in [2.45, 2.75) is 13.5 Å². The van der Waals surface area contributed by atoms with E-state index in [4.69, 9.17) is 0 Å².